The Morgan fingerprint density at radius 1 is 0.923 bits per heavy atom. The van der Waals surface area contributed by atoms with E-state index in [1.54, 1.807) is 0 Å². The topological polar surface area (TPSA) is 17.1 Å². The van der Waals surface area contributed by atoms with E-state index < -0.39 is 0 Å². The van der Waals surface area contributed by atoms with Crippen molar-refractivity contribution in [2.75, 3.05) is 0 Å². The molecule has 150 valence electrons. The molecule has 4 aliphatic carbocycles. The van der Waals surface area contributed by atoms with Crippen molar-refractivity contribution in [2.45, 2.75) is 112 Å². The molecule has 4 fully saturated rings. The maximum atomic E-state index is 13.2. The number of carbonyl (C=O) groups is 1. The van der Waals surface area contributed by atoms with E-state index in [1.165, 1.54) is 70.6 Å². The van der Waals surface area contributed by atoms with Crippen molar-refractivity contribution in [1.29, 1.82) is 0 Å². The first-order valence-corrected chi connectivity index (χ1v) is 12.0. The Hall–Kier alpha value is -0.330. The second-order valence-corrected chi connectivity index (χ2v) is 10.3. The van der Waals surface area contributed by atoms with E-state index in [4.69, 9.17) is 0 Å². The van der Waals surface area contributed by atoms with Gasteiger partial charge >= 0.3 is 0 Å². The molecule has 4 aliphatic rings. The fourth-order valence-electron chi connectivity index (χ4n) is 7.99. The average molecular weight is 361 g/mol. The fraction of sp³-hybridized carbons (Fsp3) is 0.960. The molecule has 4 saturated carbocycles. The molecule has 0 spiro atoms. The molecule has 1 nitrogen and oxygen atoms in total. The lowest BCUT2D eigenvalue weighted by molar-refractivity contribution is -0.155. The molecule has 0 heterocycles. The minimum absolute atomic E-state index is 0.426. The minimum Gasteiger partial charge on any atom is -0.299 e. The molecule has 26 heavy (non-hydrogen) atoms. The number of ketones is 1. The quantitative estimate of drug-likeness (QED) is 0.511. The van der Waals surface area contributed by atoms with Gasteiger partial charge in [-0.3, -0.25) is 4.79 Å². The van der Waals surface area contributed by atoms with Crippen LogP contribution in [0, 0.1) is 40.4 Å². The van der Waals surface area contributed by atoms with E-state index in [1.807, 2.05) is 13.8 Å². The summed E-state index contributed by atoms with van der Waals surface area (Å²) in [6.07, 6.45) is 16.0. The summed E-state index contributed by atoms with van der Waals surface area (Å²) < 4.78 is 0. The van der Waals surface area contributed by atoms with Crippen LogP contribution >= 0.6 is 0 Å². The SMILES string of the molecule is CC.CCCCC1CCC2C3C(=O)CC4CCCCC4(C)C3CCC12C. The molecule has 0 aromatic heterocycles. The zero-order chi connectivity index (χ0) is 18.9. The predicted molar refractivity (Wildman–Crippen MR) is 111 cm³/mol. The van der Waals surface area contributed by atoms with Crippen LogP contribution in [-0.2, 0) is 4.79 Å². The lowest BCUT2D eigenvalue weighted by Crippen LogP contribution is -2.56. The van der Waals surface area contributed by atoms with Gasteiger partial charge in [-0.05, 0) is 79.4 Å². The van der Waals surface area contributed by atoms with Gasteiger partial charge in [0.05, 0.1) is 0 Å². The van der Waals surface area contributed by atoms with E-state index in [0.29, 0.717) is 40.3 Å². The first-order valence-electron chi connectivity index (χ1n) is 12.0. The van der Waals surface area contributed by atoms with Crippen LogP contribution in [0.5, 0.6) is 0 Å². The van der Waals surface area contributed by atoms with Crippen LogP contribution in [-0.4, -0.2) is 5.78 Å². The molecule has 4 rings (SSSR count). The van der Waals surface area contributed by atoms with Gasteiger partial charge in [0.15, 0.2) is 0 Å². The summed E-state index contributed by atoms with van der Waals surface area (Å²) in [6, 6.07) is 0. The van der Waals surface area contributed by atoms with Crippen molar-refractivity contribution in [2.24, 2.45) is 40.4 Å². The Morgan fingerprint density at radius 3 is 2.38 bits per heavy atom. The fourth-order valence-corrected chi connectivity index (χ4v) is 7.99. The van der Waals surface area contributed by atoms with Gasteiger partial charge in [-0.1, -0.05) is 60.3 Å². The van der Waals surface area contributed by atoms with Gasteiger partial charge in [-0.25, -0.2) is 0 Å². The average Bonchev–Trinajstić information content (AvgIpc) is 2.98. The Kier molecular flexibility index (Phi) is 6.25. The minimum atomic E-state index is 0.426. The van der Waals surface area contributed by atoms with Crippen molar-refractivity contribution in [3.05, 3.63) is 0 Å². The van der Waals surface area contributed by atoms with E-state index in [2.05, 4.69) is 20.8 Å². The molecule has 0 amide bonds. The van der Waals surface area contributed by atoms with Crippen LogP contribution in [0.2, 0.25) is 0 Å². The molecular formula is C25H44O. The summed E-state index contributed by atoms with van der Waals surface area (Å²) in [5, 5.41) is 0. The smallest absolute Gasteiger partial charge is 0.136 e. The van der Waals surface area contributed by atoms with E-state index in [9.17, 15) is 4.79 Å². The first kappa shape index (κ1) is 20.4. The predicted octanol–water partition coefficient (Wildman–Crippen LogP) is 7.43. The molecule has 0 bridgehead atoms. The van der Waals surface area contributed by atoms with E-state index >= 15 is 0 Å². The summed E-state index contributed by atoms with van der Waals surface area (Å²) in [4.78, 5) is 13.2. The summed E-state index contributed by atoms with van der Waals surface area (Å²) in [7, 11) is 0. The van der Waals surface area contributed by atoms with Crippen molar-refractivity contribution >= 4 is 5.78 Å². The zero-order valence-electron chi connectivity index (χ0n) is 18.3. The Morgan fingerprint density at radius 2 is 1.65 bits per heavy atom. The van der Waals surface area contributed by atoms with Gasteiger partial charge in [0.2, 0.25) is 0 Å². The number of carbonyl (C=O) groups excluding carboxylic acids is 1. The number of Topliss-reactive ketones (excluding diaryl/α,β-unsaturated/α-hetero) is 1. The van der Waals surface area contributed by atoms with Crippen LogP contribution in [0.1, 0.15) is 112 Å². The maximum Gasteiger partial charge on any atom is 0.136 e. The lowest BCUT2D eigenvalue weighted by Gasteiger charge is -2.59. The summed E-state index contributed by atoms with van der Waals surface area (Å²) in [5.41, 5.74) is 0.962. The molecule has 7 atom stereocenters. The molecule has 7 unspecified atom stereocenters. The molecule has 0 aromatic carbocycles. The number of unbranched alkanes of at least 4 members (excludes halogenated alkanes) is 1. The van der Waals surface area contributed by atoms with Crippen molar-refractivity contribution in [3.8, 4) is 0 Å². The maximum absolute atomic E-state index is 13.2. The second kappa shape index (κ2) is 7.96. The van der Waals surface area contributed by atoms with Crippen molar-refractivity contribution in [1.82, 2.24) is 0 Å². The van der Waals surface area contributed by atoms with Crippen molar-refractivity contribution < 1.29 is 4.79 Å². The third-order valence-electron chi connectivity index (χ3n) is 9.49. The van der Waals surface area contributed by atoms with Crippen LogP contribution < -0.4 is 0 Å². The first-order chi connectivity index (χ1) is 12.5. The standard InChI is InChI=1S/C23H38O.C2H6/c1-4-5-8-16-10-11-18-21-19(12-14-23(16,18)3)22(2)13-7-6-9-17(22)15-20(21)24;1-2/h16-19,21H,4-15H2,1-3H3;1-2H3. The third-order valence-corrected chi connectivity index (χ3v) is 9.49. The molecule has 0 radical (unpaired) electrons. The lowest BCUT2D eigenvalue weighted by atomic mass is 9.44. The van der Waals surface area contributed by atoms with Gasteiger partial charge in [0.25, 0.3) is 0 Å². The van der Waals surface area contributed by atoms with Crippen LogP contribution in [0.4, 0.5) is 0 Å². The van der Waals surface area contributed by atoms with Gasteiger partial charge in [-0.15, -0.1) is 0 Å². The molecule has 0 N–H and O–H groups in total. The molecule has 0 aromatic rings. The highest BCUT2D eigenvalue weighted by molar-refractivity contribution is 5.83. The van der Waals surface area contributed by atoms with Crippen molar-refractivity contribution in [3.63, 3.8) is 0 Å². The zero-order valence-corrected chi connectivity index (χ0v) is 18.3. The molecule has 1 heteroatoms. The molecule has 0 aliphatic heterocycles. The van der Waals surface area contributed by atoms with Gasteiger partial charge in [0, 0.05) is 12.3 Å². The number of hydrogen-bond acceptors (Lipinski definition) is 1. The van der Waals surface area contributed by atoms with Gasteiger partial charge < -0.3 is 0 Å². The Bertz CT molecular complexity index is 496. The van der Waals surface area contributed by atoms with E-state index in [0.717, 1.165) is 12.3 Å². The molecule has 0 saturated heterocycles. The normalized spacial score (nSPS) is 47.3. The Labute approximate surface area is 163 Å². The van der Waals surface area contributed by atoms with Crippen LogP contribution in [0.3, 0.4) is 0 Å². The van der Waals surface area contributed by atoms with E-state index in [-0.39, 0.29) is 0 Å². The highest BCUT2D eigenvalue weighted by Crippen LogP contribution is 2.67. The largest absolute Gasteiger partial charge is 0.299 e. The highest BCUT2D eigenvalue weighted by atomic mass is 16.1. The molecular weight excluding hydrogens is 316 g/mol. The number of fused-ring (bicyclic) bond motifs is 5. The summed E-state index contributed by atoms with van der Waals surface area (Å²) in [6.45, 7) is 11.5. The monoisotopic (exact) mass is 360 g/mol. The summed E-state index contributed by atoms with van der Waals surface area (Å²) >= 11 is 0. The van der Waals surface area contributed by atoms with Gasteiger partial charge in [0.1, 0.15) is 5.78 Å². The third kappa shape index (κ3) is 3.10. The van der Waals surface area contributed by atoms with Crippen LogP contribution in [0.15, 0.2) is 0 Å². The number of hydrogen-bond donors (Lipinski definition) is 0. The summed E-state index contributed by atoms with van der Waals surface area (Å²) in [5.74, 6) is 4.14. The van der Waals surface area contributed by atoms with Crippen LogP contribution in [0.25, 0.3) is 0 Å². The Balaban J connectivity index is 0.000000948. The second-order valence-electron chi connectivity index (χ2n) is 10.3. The number of rotatable bonds is 3. The van der Waals surface area contributed by atoms with Gasteiger partial charge in [-0.2, -0.15) is 0 Å². The highest BCUT2D eigenvalue weighted by Gasteiger charge is 2.61.